The monoisotopic (exact) mass is 415 g/mol. The number of hydrogen-bond acceptors (Lipinski definition) is 6. The summed E-state index contributed by atoms with van der Waals surface area (Å²) in [7, 11) is 0. The van der Waals surface area contributed by atoms with Crippen LogP contribution < -0.4 is 5.32 Å². The summed E-state index contributed by atoms with van der Waals surface area (Å²) in [6, 6.07) is 3.60. The van der Waals surface area contributed by atoms with E-state index >= 15 is 0 Å². The molecule has 9 heteroatoms. The van der Waals surface area contributed by atoms with Crippen molar-refractivity contribution < 1.29 is 23.5 Å². The molecule has 1 aromatic heterocycles. The molecule has 1 aliphatic carbocycles. The van der Waals surface area contributed by atoms with Gasteiger partial charge in [-0.3, -0.25) is 14.5 Å². The molecule has 2 aliphatic heterocycles. The Morgan fingerprint density at radius 2 is 2.14 bits per heavy atom. The van der Waals surface area contributed by atoms with Gasteiger partial charge in [0.15, 0.2) is 11.5 Å². The Kier molecular flexibility index (Phi) is 5.75. The Morgan fingerprint density at radius 3 is 2.97 bits per heavy atom. The van der Waals surface area contributed by atoms with E-state index in [0.717, 1.165) is 25.0 Å². The van der Waals surface area contributed by atoms with E-state index in [2.05, 4.69) is 10.3 Å². The molecule has 1 aromatic rings. The van der Waals surface area contributed by atoms with Crippen molar-refractivity contribution in [2.45, 2.75) is 32.2 Å². The molecule has 1 atom stereocenters. The second kappa shape index (κ2) is 8.60. The molecule has 1 N–H and O–H groups in total. The van der Waals surface area contributed by atoms with Gasteiger partial charge in [-0.1, -0.05) is 6.42 Å². The highest BCUT2D eigenvalue weighted by Gasteiger charge is 2.38. The van der Waals surface area contributed by atoms with Gasteiger partial charge in [-0.2, -0.15) is 0 Å². The highest BCUT2D eigenvalue weighted by atomic mass is 32.1. The Bertz CT molecular complexity index is 903. The number of carbonyl (C=O) groups excluding carboxylic acids is 2. The first kappa shape index (κ1) is 19.4. The van der Waals surface area contributed by atoms with Gasteiger partial charge in [0.2, 0.25) is 23.7 Å². The summed E-state index contributed by atoms with van der Waals surface area (Å²) in [5.74, 6) is 1.29. The van der Waals surface area contributed by atoms with Crippen LogP contribution in [-0.2, 0) is 25.6 Å². The van der Waals surface area contributed by atoms with E-state index in [0.29, 0.717) is 36.7 Å². The first-order valence-electron chi connectivity index (χ1n) is 9.54. The molecular weight excluding hydrogens is 394 g/mol. The molecule has 2 amide bonds. The van der Waals surface area contributed by atoms with E-state index in [1.54, 1.807) is 24.5 Å². The first-order valence-corrected chi connectivity index (χ1v) is 9.95. The Hall–Kier alpha value is -2.94. The third-order valence-electron chi connectivity index (χ3n) is 4.90. The molecule has 152 valence electrons. The summed E-state index contributed by atoms with van der Waals surface area (Å²) >= 11 is 5.31. The van der Waals surface area contributed by atoms with Crippen LogP contribution in [0.1, 0.15) is 31.4 Å². The van der Waals surface area contributed by atoms with Crippen molar-refractivity contribution in [1.29, 1.82) is 0 Å². The van der Waals surface area contributed by atoms with Gasteiger partial charge in [-0.25, -0.2) is 4.99 Å². The minimum absolute atomic E-state index is 0.0181. The van der Waals surface area contributed by atoms with E-state index in [4.69, 9.17) is 26.1 Å². The fraction of sp³-hybridized carbons (Fsp3) is 0.400. The van der Waals surface area contributed by atoms with Crippen LogP contribution in [0.4, 0.5) is 0 Å². The molecule has 0 aromatic carbocycles. The molecular formula is C20H21N3O5S. The number of nitrogens with one attached hydrogen (secondary N) is 1. The second-order valence-electron chi connectivity index (χ2n) is 6.90. The number of nitrogens with zero attached hydrogens (tertiary/aromatic N) is 2. The van der Waals surface area contributed by atoms with Crippen LogP contribution in [0.5, 0.6) is 0 Å². The summed E-state index contributed by atoms with van der Waals surface area (Å²) in [5, 5.41) is 3.09. The van der Waals surface area contributed by atoms with Crippen molar-refractivity contribution in [1.82, 2.24) is 10.2 Å². The average molecular weight is 415 g/mol. The summed E-state index contributed by atoms with van der Waals surface area (Å²) in [5.41, 5.74) is 0.591. The van der Waals surface area contributed by atoms with E-state index in [1.165, 1.54) is 4.90 Å². The van der Waals surface area contributed by atoms with Crippen molar-refractivity contribution in [3.8, 4) is 0 Å². The van der Waals surface area contributed by atoms with Crippen LogP contribution in [-0.4, -0.2) is 40.9 Å². The number of allylic oxidation sites excluding steroid dienone is 1. The first-order chi connectivity index (χ1) is 14.1. The second-order valence-corrected chi connectivity index (χ2v) is 7.26. The number of fused-ring (bicyclic) bond motifs is 2. The molecule has 3 heterocycles. The van der Waals surface area contributed by atoms with Crippen molar-refractivity contribution in [2.24, 2.45) is 10.9 Å². The Labute approximate surface area is 173 Å². The van der Waals surface area contributed by atoms with Gasteiger partial charge in [0, 0.05) is 19.0 Å². The van der Waals surface area contributed by atoms with Gasteiger partial charge >= 0.3 is 0 Å². The molecule has 0 radical (unpaired) electrons. The molecule has 8 nitrogen and oxygen atoms in total. The predicted octanol–water partition coefficient (Wildman–Crippen LogP) is 2.43. The normalized spacial score (nSPS) is 20.1. The molecule has 1 saturated heterocycles. The van der Waals surface area contributed by atoms with Crippen molar-refractivity contribution >= 4 is 34.9 Å². The van der Waals surface area contributed by atoms with Crippen molar-refractivity contribution in [2.75, 3.05) is 13.3 Å². The van der Waals surface area contributed by atoms with Gasteiger partial charge in [-0.15, -0.1) is 0 Å². The zero-order valence-electron chi connectivity index (χ0n) is 15.8. The number of rotatable bonds is 8. The number of ether oxygens (including phenoxy) is 2. The van der Waals surface area contributed by atoms with Crippen LogP contribution in [0.15, 0.2) is 51.5 Å². The van der Waals surface area contributed by atoms with Crippen LogP contribution >= 0.6 is 12.2 Å². The molecule has 0 bridgehead atoms. The number of hydrogen-bond donors (Lipinski definition) is 1. The maximum Gasteiger partial charge on any atom is 0.241 e. The predicted molar refractivity (Wildman–Crippen MR) is 107 cm³/mol. The van der Waals surface area contributed by atoms with E-state index in [9.17, 15) is 9.59 Å². The summed E-state index contributed by atoms with van der Waals surface area (Å²) in [6.07, 6.45) is 7.75. The van der Waals surface area contributed by atoms with Crippen molar-refractivity contribution in [3.05, 3.63) is 47.8 Å². The summed E-state index contributed by atoms with van der Waals surface area (Å²) < 4.78 is 15.9. The number of aliphatic imine (C=N–C) groups is 1. The van der Waals surface area contributed by atoms with Crippen LogP contribution in [0.3, 0.4) is 0 Å². The SMILES string of the molecule is O=C(CCCCCN1C(=O)C2C=C3OCOC3=CC2=NC1=S)NCc1ccco1. The quantitative estimate of drug-likeness (QED) is 0.518. The van der Waals surface area contributed by atoms with Gasteiger partial charge in [0.05, 0.1) is 18.5 Å². The number of furan rings is 1. The van der Waals surface area contributed by atoms with Gasteiger partial charge in [-0.05, 0) is 43.3 Å². The molecule has 0 saturated carbocycles. The molecule has 29 heavy (non-hydrogen) atoms. The lowest BCUT2D eigenvalue weighted by Gasteiger charge is -2.30. The fourth-order valence-electron chi connectivity index (χ4n) is 3.36. The number of amides is 2. The Morgan fingerprint density at radius 1 is 1.28 bits per heavy atom. The lowest BCUT2D eigenvalue weighted by atomic mass is 9.93. The molecule has 1 unspecified atom stereocenters. The smallest absolute Gasteiger partial charge is 0.241 e. The number of unbranched alkanes of at least 4 members (excludes halogenated alkanes) is 2. The van der Waals surface area contributed by atoms with Crippen LogP contribution in [0.25, 0.3) is 0 Å². The number of carbonyl (C=O) groups is 2. The standard InChI is InChI=1S/C20H21N3O5S/c24-18(21-11-13-5-4-8-26-13)6-2-1-3-7-23-19(25)14-9-16-17(28-12-27-16)10-15(14)22-20(23)29/h4-5,8-10,14H,1-3,6-7,11-12H2,(H,21,24). The van der Waals surface area contributed by atoms with Gasteiger partial charge in [0.1, 0.15) is 11.7 Å². The largest absolute Gasteiger partial charge is 0.467 e. The Balaban J connectivity index is 1.21. The fourth-order valence-corrected chi connectivity index (χ4v) is 3.65. The van der Waals surface area contributed by atoms with Crippen LogP contribution in [0.2, 0.25) is 0 Å². The zero-order chi connectivity index (χ0) is 20.2. The lowest BCUT2D eigenvalue weighted by Crippen LogP contribution is -2.46. The topological polar surface area (TPSA) is 93.4 Å². The van der Waals surface area contributed by atoms with Crippen LogP contribution in [0, 0.1) is 5.92 Å². The molecule has 3 aliphatic rings. The maximum absolute atomic E-state index is 12.8. The minimum Gasteiger partial charge on any atom is -0.467 e. The minimum atomic E-state index is -0.491. The maximum atomic E-state index is 12.8. The summed E-state index contributed by atoms with van der Waals surface area (Å²) in [6.45, 7) is 1.02. The van der Waals surface area contributed by atoms with Gasteiger partial charge < -0.3 is 19.2 Å². The average Bonchev–Trinajstić information content (AvgIpc) is 3.38. The molecule has 0 spiro atoms. The van der Waals surface area contributed by atoms with E-state index in [-0.39, 0.29) is 23.7 Å². The van der Waals surface area contributed by atoms with Gasteiger partial charge in [0.25, 0.3) is 0 Å². The summed E-state index contributed by atoms with van der Waals surface area (Å²) in [4.78, 5) is 30.6. The van der Waals surface area contributed by atoms with Crippen molar-refractivity contribution in [3.63, 3.8) is 0 Å². The lowest BCUT2D eigenvalue weighted by molar-refractivity contribution is -0.128. The molecule has 4 rings (SSSR count). The third-order valence-corrected chi connectivity index (χ3v) is 5.21. The van der Waals surface area contributed by atoms with E-state index in [1.807, 2.05) is 6.07 Å². The molecule has 1 fully saturated rings. The third kappa shape index (κ3) is 4.40. The van der Waals surface area contributed by atoms with E-state index < -0.39 is 5.92 Å². The zero-order valence-corrected chi connectivity index (χ0v) is 16.6. The number of thiocarbonyl (C=S) groups is 1. The highest BCUT2D eigenvalue weighted by molar-refractivity contribution is 7.80. The highest BCUT2D eigenvalue weighted by Crippen LogP contribution is 2.31.